The molecule has 0 saturated carbocycles. The summed E-state index contributed by atoms with van der Waals surface area (Å²) in [7, 11) is 0. The zero-order valence-corrected chi connectivity index (χ0v) is 10.1. The van der Waals surface area contributed by atoms with Gasteiger partial charge >= 0.3 is 0 Å². The number of aliphatic hydroxyl groups excluding tert-OH is 1. The highest BCUT2D eigenvalue weighted by atomic mass is 79.9. The highest BCUT2D eigenvalue weighted by molar-refractivity contribution is 9.10. The fourth-order valence-electron chi connectivity index (χ4n) is 1.24. The van der Waals surface area contributed by atoms with E-state index in [-0.39, 0.29) is 12.5 Å². The Bertz CT molecular complexity index is 344. The summed E-state index contributed by atoms with van der Waals surface area (Å²) in [5.41, 5.74) is 0.527. The molecule has 1 rings (SSSR count). The van der Waals surface area contributed by atoms with E-state index in [1.54, 1.807) is 17.2 Å². The van der Waals surface area contributed by atoms with Crippen molar-refractivity contribution in [3.8, 4) is 0 Å². The van der Waals surface area contributed by atoms with Crippen LogP contribution in [0.4, 0.5) is 0 Å². The monoisotopic (exact) mass is 272 g/mol. The highest BCUT2D eigenvalue weighted by Crippen LogP contribution is 2.11. The van der Waals surface area contributed by atoms with Crippen molar-refractivity contribution < 1.29 is 9.90 Å². The van der Waals surface area contributed by atoms with Crippen LogP contribution >= 0.6 is 15.9 Å². The van der Waals surface area contributed by atoms with Gasteiger partial charge in [-0.1, -0.05) is 0 Å². The van der Waals surface area contributed by atoms with E-state index in [4.69, 9.17) is 5.11 Å². The molecule has 0 atom stereocenters. The summed E-state index contributed by atoms with van der Waals surface area (Å²) in [5, 5.41) is 8.80. The molecule has 5 heteroatoms. The lowest BCUT2D eigenvalue weighted by Crippen LogP contribution is -2.33. The van der Waals surface area contributed by atoms with Crippen LogP contribution in [0.15, 0.2) is 22.9 Å². The first-order valence-corrected chi connectivity index (χ1v) is 5.49. The lowest BCUT2D eigenvalue weighted by molar-refractivity contribution is 0.0731. The van der Waals surface area contributed by atoms with E-state index in [0.29, 0.717) is 18.7 Å². The van der Waals surface area contributed by atoms with Gasteiger partial charge in [0.1, 0.15) is 0 Å². The molecule has 0 radical (unpaired) electrons. The van der Waals surface area contributed by atoms with Crippen molar-refractivity contribution in [1.82, 2.24) is 9.88 Å². The predicted molar refractivity (Wildman–Crippen MR) is 60.6 cm³/mol. The zero-order valence-electron chi connectivity index (χ0n) is 8.48. The second kappa shape index (κ2) is 5.82. The first kappa shape index (κ1) is 12.1. The number of hydrogen-bond donors (Lipinski definition) is 1. The second-order valence-electron chi connectivity index (χ2n) is 3.00. The van der Waals surface area contributed by atoms with Crippen molar-refractivity contribution in [2.45, 2.75) is 6.92 Å². The molecule has 1 amide bonds. The normalized spacial score (nSPS) is 10.1. The molecule has 1 aromatic rings. The Morgan fingerprint density at radius 3 is 2.87 bits per heavy atom. The van der Waals surface area contributed by atoms with Crippen LogP contribution in [0.25, 0.3) is 0 Å². The third-order valence-electron chi connectivity index (χ3n) is 1.99. The molecule has 82 valence electrons. The van der Waals surface area contributed by atoms with Crippen molar-refractivity contribution in [2.24, 2.45) is 0 Å². The van der Waals surface area contributed by atoms with E-state index in [1.807, 2.05) is 6.92 Å². The standard InChI is InChI=1S/C10H13BrN2O2/c1-2-13(3-4-14)10(15)8-5-9(11)7-12-6-8/h5-7,14H,2-4H2,1H3. The third-order valence-corrected chi connectivity index (χ3v) is 2.42. The Balaban J connectivity index is 2.82. The molecular weight excluding hydrogens is 260 g/mol. The van der Waals surface area contributed by atoms with Gasteiger partial charge in [-0.25, -0.2) is 0 Å². The molecule has 1 aromatic heterocycles. The molecule has 0 spiro atoms. The van der Waals surface area contributed by atoms with Crippen LogP contribution in [0.3, 0.4) is 0 Å². The summed E-state index contributed by atoms with van der Waals surface area (Å²) < 4.78 is 0.772. The van der Waals surface area contributed by atoms with Gasteiger partial charge in [0.25, 0.3) is 5.91 Å². The Morgan fingerprint density at radius 2 is 2.33 bits per heavy atom. The van der Waals surface area contributed by atoms with Crippen molar-refractivity contribution in [3.05, 3.63) is 28.5 Å². The van der Waals surface area contributed by atoms with E-state index in [9.17, 15) is 4.79 Å². The topological polar surface area (TPSA) is 53.4 Å². The Hall–Kier alpha value is -0.940. The van der Waals surface area contributed by atoms with E-state index in [2.05, 4.69) is 20.9 Å². The molecule has 0 aliphatic heterocycles. The minimum Gasteiger partial charge on any atom is -0.395 e. The number of aliphatic hydroxyl groups is 1. The maximum atomic E-state index is 11.9. The predicted octanol–water partition coefficient (Wildman–Crippen LogP) is 1.30. The molecule has 0 fully saturated rings. The van der Waals surface area contributed by atoms with Gasteiger partial charge in [0.15, 0.2) is 0 Å². The Kier molecular flexibility index (Phi) is 4.71. The summed E-state index contributed by atoms with van der Waals surface area (Å²) in [5.74, 6) is -0.111. The smallest absolute Gasteiger partial charge is 0.255 e. The number of pyridine rings is 1. The average molecular weight is 273 g/mol. The quantitative estimate of drug-likeness (QED) is 0.899. The van der Waals surface area contributed by atoms with Gasteiger partial charge in [-0.05, 0) is 28.9 Å². The van der Waals surface area contributed by atoms with Crippen molar-refractivity contribution in [2.75, 3.05) is 19.7 Å². The van der Waals surface area contributed by atoms with Crippen molar-refractivity contribution >= 4 is 21.8 Å². The number of likely N-dealkylation sites (N-methyl/N-ethyl adjacent to an activating group) is 1. The summed E-state index contributed by atoms with van der Waals surface area (Å²) in [4.78, 5) is 17.4. The minimum atomic E-state index is -0.111. The number of carbonyl (C=O) groups is 1. The van der Waals surface area contributed by atoms with Crippen LogP contribution < -0.4 is 0 Å². The molecule has 0 unspecified atom stereocenters. The average Bonchev–Trinajstić information content (AvgIpc) is 2.25. The van der Waals surface area contributed by atoms with Gasteiger partial charge < -0.3 is 10.0 Å². The van der Waals surface area contributed by atoms with Gasteiger partial charge in [0, 0.05) is 30.0 Å². The molecule has 0 aromatic carbocycles. The lowest BCUT2D eigenvalue weighted by atomic mass is 10.2. The summed E-state index contributed by atoms with van der Waals surface area (Å²) >= 11 is 3.26. The molecule has 4 nitrogen and oxygen atoms in total. The molecule has 0 bridgehead atoms. The number of amides is 1. The third kappa shape index (κ3) is 3.28. The zero-order chi connectivity index (χ0) is 11.3. The molecular formula is C10H13BrN2O2. The van der Waals surface area contributed by atoms with Gasteiger partial charge in [-0.15, -0.1) is 0 Å². The maximum absolute atomic E-state index is 11.9. The molecule has 0 aliphatic rings. The molecule has 1 N–H and O–H groups in total. The fourth-order valence-corrected chi connectivity index (χ4v) is 1.60. The van der Waals surface area contributed by atoms with Crippen LogP contribution in [-0.4, -0.2) is 40.6 Å². The van der Waals surface area contributed by atoms with E-state index >= 15 is 0 Å². The summed E-state index contributed by atoms with van der Waals surface area (Å²) in [6.07, 6.45) is 3.15. The minimum absolute atomic E-state index is 0.0268. The summed E-state index contributed by atoms with van der Waals surface area (Å²) in [6, 6.07) is 1.72. The fraction of sp³-hybridized carbons (Fsp3) is 0.400. The maximum Gasteiger partial charge on any atom is 0.255 e. The first-order valence-electron chi connectivity index (χ1n) is 4.69. The van der Waals surface area contributed by atoms with Crippen LogP contribution in [0.5, 0.6) is 0 Å². The van der Waals surface area contributed by atoms with Crippen molar-refractivity contribution in [3.63, 3.8) is 0 Å². The first-order chi connectivity index (χ1) is 7.19. The number of carbonyl (C=O) groups excluding carboxylic acids is 1. The van der Waals surface area contributed by atoms with Crippen LogP contribution in [0, 0.1) is 0 Å². The van der Waals surface area contributed by atoms with Crippen LogP contribution in [0.2, 0.25) is 0 Å². The SMILES string of the molecule is CCN(CCO)C(=O)c1cncc(Br)c1. The molecule has 0 saturated heterocycles. The molecule has 0 aliphatic carbocycles. The Morgan fingerprint density at radius 1 is 1.60 bits per heavy atom. The highest BCUT2D eigenvalue weighted by Gasteiger charge is 2.13. The number of aromatic nitrogens is 1. The van der Waals surface area contributed by atoms with E-state index in [0.717, 1.165) is 4.47 Å². The number of hydrogen-bond acceptors (Lipinski definition) is 3. The number of nitrogens with zero attached hydrogens (tertiary/aromatic N) is 2. The lowest BCUT2D eigenvalue weighted by Gasteiger charge is -2.19. The number of rotatable bonds is 4. The van der Waals surface area contributed by atoms with E-state index < -0.39 is 0 Å². The second-order valence-corrected chi connectivity index (χ2v) is 3.92. The number of halogens is 1. The Labute approximate surface area is 97.1 Å². The van der Waals surface area contributed by atoms with Gasteiger partial charge in [0.05, 0.1) is 12.2 Å². The van der Waals surface area contributed by atoms with Gasteiger partial charge in [0.2, 0.25) is 0 Å². The summed E-state index contributed by atoms with van der Waals surface area (Å²) in [6.45, 7) is 2.77. The van der Waals surface area contributed by atoms with Crippen molar-refractivity contribution in [1.29, 1.82) is 0 Å². The van der Waals surface area contributed by atoms with E-state index in [1.165, 1.54) is 6.20 Å². The molecule has 1 heterocycles. The van der Waals surface area contributed by atoms with Crippen LogP contribution in [0.1, 0.15) is 17.3 Å². The van der Waals surface area contributed by atoms with Gasteiger partial charge in [-0.3, -0.25) is 9.78 Å². The largest absolute Gasteiger partial charge is 0.395 e. The van der Waals surface area contributed by atoms with Crippen LogP contribution in [-0.2, 0) is 0 Å². The van der Waals surface area contributed by atoms with Gasteiger partial charge in [-0.2, -0.15) is 0 Å². The molecule has 15 heavy (non-hydrogen) atoms.